The van der Waals surface area contributed by atoms with Gasteiger partial charge in [0.2, 0.25) is 0 Å². The van der Waals surface area contributed by atoms with Crippen molar-refractivity contribution < 1.29 is 9.47 Å². The Morgan fingerprint density at radius 2 is 1.30 bits per heavy atom. The highest BCUT2D eigenvalue weighted by molar-refractivity contribution is 5.46. The van der Waals surface area contributed by atoms with Crippen molar-refractivity contribution in [1.29, 1.82) is 0 Å². The smallest absolute Gasteiger partial charge is 0.166 e. The van der Waals surface area contributed by atoms with Crippen molar-refractivity contribution in [2.24, 2.45) is 0 Å². The highest BCUT2D eigenvalue weighted by atomic mass is 16.5. The fraction of sp³-hybridized carbons (Fsp3) is 0.778. The molecule has 0 heterocycles. The Labute approximate surface area is 187 Å². The van der Waals surface area contributed by atoms with Crippen molar-refractivity contribution in [2.75, 3.05) is 13.7 Å². The third kappa shape index (κ3) is 13.2. The molecule has 0 aromatic heterocycles. The quantitative estimate of drug-likeness (QED) is 0.217. The van der Waals surface area contributed by atoms with E-state index in [4.69, 9.17) is 9.47 Å². The monoisotopic (exact) mass is 419 g/mol. The van der Waals surface area contributed by atoms with Gasteiger partial charge in [0, 0.05) is 12.1 Å². The maximum atomic E-state index is 5.98. The molecule has 0 spiro atoms. The number of unbranched alkanes of at least 4 members (excludes halogenated alkanes) is 13. The Bertz CT molecular complexity index is 516. The largest absolute Gasteiger partial charge is 0.493 e. The van der Waals surface area contributed by atoms with Crippen LogP contribution in [0.25, 0.3) is 0 Å². The fourth-order valence-electron chi connectivity index (χ4n) is 3.90. The summed E-state index contributed by atoms with van der Waals surface area (Å²) in [5.74, 6) is 1.70. The molecule has 0 fully saturated rings. The van der Waals surface area contributed by atoms with Gasteiger partial charge in [0.05, 0.1) is 13.2 Å². The van der Waals surface area contributed by atoms with Gasteiger partial charge in [-0.15, -0.1) is 0 Å². The summed E-state index contributed by atoms with van der Waals surface area (Å²) in [6.07, 6.45) is 19.8. The van der Waals surface area contributed by atoms with E-state index in [1.165, 1.54) is 95.5 Å². The van der Waals surface area contributed by atoms with Gasteiger partial charge in [-0.2, -0.15) is 0 Å². The molecule has 30 heavy (non-hydrogen) atoms. The molecule has 0 aliphatic heterocycles. The minimum atomic E-state index is 0.144. The standard InChI is InChI=1S/C27H49NO2/c1-5-6-7-8-9-10-11-12-13-14-15-16-17-18-22-28-23-25-20-19-21-26(29-4)27(25)30-24(2)3/h19-21,24,28H,5-18,22-23H2,1-4H3. The Balaban J connectivity index is 1.99. The summed E-state index contributed by atoms with van der Waals surface area (Å²) in [5.41, 5.74) is 1.17. The number of methoxy groups -OCH3 is 1. The Morgan fingerprint density at radius 1 is 0.767 bits per heavy atom. The lowest BCUT2D eigenvalue weighted by Crippen LogP contribution is -2.17. The lowest BCUT2D eigenvalue weighted by atomic mass is 10.0. The van der Waals surface area contributed by atoms with Gasteiger partial charge in [-0.1, -0.05) is 103 Å². The van der Waals surface area contributed by atoms with E-state index in [2.05, 4.69) is 32.2 Å². The summed E-state index contributed by atoms with van der Waals surface area (Å²) >= 11 is 0. The molecule has 174 valence electrons. The van der Waals surface area contributed by atoms with E-state index in [-0.39, 0.29) is 6.10 Å². The summed E-state index contributed by atoms with van der Waals surface area (Å²) < 4.78 is 11.4. The van der Waals surface area contributed by atoms with Crippen LogP contribution < -0.4 is 14.8 Å². The number of rotatable bonds is 20. The van der Waals surface area contributed by atoms with Crippen molar-refractivity contribution in [3.8, 4) is 11.5 Å². The van der Waals surface area contributed by atoms with Gasteiger partial charge in [-0.3, -0.25) is 0 Å². The molecule has 0 radical (unpaired) electrons. The van der Waals surface area contributed by atoms with Crippen molar-refractivity contribution in [3.63, 3.8) is 0 Å². The van der Waals surface area contributed by atoms with Gasteiger partial charge in [0.15, 0.2) is 11.5 Å². The van der Waals surface area contributed by atoms with Crippen LogP contribution in [0.4, 0.5) is 0 Å². The van der Waals surface area contributed by atoms with Crippen LogP contribution in [0.15, 0.2) is 18.2 Å². The van der Waals surface area contributed by atoms with Gasteiger partial charge in [-0.05, 0) is 32.9 Å². The van der Waals surface area contributed by atoms with Crippen LogP contribution in [0.3, 0.4) is 0 Å². The molecule has 1 N–H and O–H groups in total. The van der Waals surface area contributed by atoms with E-state index >= 15 is 0 Å². The van der Waals surface area contributed by atoms with Crippen molar-refractivity contribution in [3.05, 3.63) is 23.8 Å². The van der Waals surface area contributed by atoms with E-state index in [1.54, 1.807) is 7.11 Å². The van der Waals surface area contributed by atoms with Crippen LogP contribution in [0.1, 0.15) is 116 Å². The highest BCUT2D eigenvalue weighted by Gasteiger charge is 2.11. The molecule has 0 saturated heterocycles. The molecule has 3 heteroatoms. The lowest BCUT2D eigenvalue weighted by Gasteiger charge is -2.17. The third-order valence-electron chi connectivity index (χ3n) is 5.66. The van der Waals surface area contributed by atoms with E-state index in [1.807, 2.05) is 12.1 Å². The van der Waals surface area contributed by atoms with Crippen molar-refractivity contribution in [2.45, 2.75) is 123 Å². The molecule has 1 aromatic carbocycles. The molecule has 0 bridgehead atoms. The van der Waals surface area contributed by atoms with E-state index in [9.17, 15) is 0 Å². The van der Waals surface area contributed by atoms with Gasteiger partial charge in [-0.25, -0.2) is 0 Å². The second kappa shape index (κ2) is 18.5. The highest BCUT2D eigenvalue weighted by Crippen LogP contribution is 2.31. The summed E-state index contributed by atoms with van der Waals surface area (Å²) in [6.45, 7) is 8.29. The number of hydrogen-bond acceptors (Lipinski definition) is 3. The Hall–Kier alpha value is -1.22. The van der Waals surface area contributed by atoms with Crippen LogP contribution in [-0.4, -0.2) is 19.8 Å². The van der Waals surface area contributed by atoms with Crippen LogP contribution in [0, 0.1) is 0 Å². The predicted molar refractivity (Wildman–Crippen MR) is 131 cm³/mol. The second-order valence-corrected chi connectivity index (χ2v) is 8.89. The van der Waals surface area contributed by atoms with Gasteiger partial charge in [0.25, 0.3) is 0 Å². The SMILES string of the molecule is CCCCCCCCCCCCCCCCNCc1cccc(OC)c1OC(C)C. The van der Waals surface area contributed by atoms with Crippen LogP contribution >= 0.6 is 0 Å². The molecule has 0 aliphatic carbocycles. The van der Waals surface area contributed by atoms with Crippen LogP contribution in [-0.2, 0) is 6.54 Å². The first-order valence-electron chi connectivity index (χ1n) is 12.7. The van der Waals surface area contributed by atoms with Crippen molar-refractivity contribution in [1.82, 2.24) is 5.32 Å². The summed E-state index contributed by atoms with van der Waals surface area (Å²) in [5, 5.41) is 3.57. The number of para-hydroxylation sites is 1. The summed E-state index contributed by atoms with van der Waals surface area (Å²) in [4.78, 5) is 0. The predicted octanol–water partition coefficient (Wildman–Crippen LogP) is 8.05. The minimum absolute atomic E-state index is 0.144. The molecule has 0 saturated carbocycles. The zero-order valence-corrected chi connectivity index (χ0v) is 20.4. The topological polar surface area (TPSA) is 30.5 Å². The molecule has 1 aromatic rings. The molecule has 3 nitrogen and oxygen atoms in total. The maximum absolute atomic E-state index is 5.98. The minimum Gasteiger partial charge on any atom is -0.493 e. The molecular formula is C27H49NO2. The Kier molecular flexibility index (Phi) is 16.6. The molecular weight excluding hydrogens is 370 g/mol. The average molecular weight is 420 g/mol. The second-order valence-electron chi connectivity index (χ2n) is 8.89. The third-order valence-corrected chi connectivity index (χ3v) is 5.66. The molecule has 1 rings (SSSR count). The number of hydrogen-bond donors (Lipinski definition) is 1. The van der Waals surface area contributed by atoms with Gasteiger partial charge >= 0.3 is 0 Å². The molecule has 0 amide bonds. The number of ether oxygens (including phenoxy) is 2. The summed E-state index contributed by atoms with van der Waals surface area (Å²) in [7, 11) is 1.70. The maximum Gasteiger partial charge on any atom is 0.166 e. The molecule has 0 unspecified atom stereocenters. The average Bonchev–Trinajstić information content (AvgIpc) is 2.74. The first-order chi connectivity index (χ1) is 14.7. The van der Waals surface area contributed by atoms with E-state index in [0.29, 0.717) is 0 Å². The van der Waals surface area contributed by atoms with E-state index in [0.717, 1.165) is 24.6 Å². The number of nitrogens with one attached hydrogen (secondary N) is 1. The van der Waals surface area contributed by atoms with Crippen molar-refractivity contribution >= 4 is 0 Å². The van der Waals surface area contributed by atoms with Gasteiger partial charge in [0.1, 0.15) is 0 Å². The number of benzene rings is 1. The van der Waals surface area contributed by atoms with E-state index < -0.39 is 0 Å². The van der Waals surface area contributed by atoms with Gasteiger partial charge < -0.3 is 14.8 Å². The normalized spacial score (nSPS) is 11.2. The zero-order chi connectivity index (χ0) is 21.9. The first kappa shape index (κ1) is 26.8. The molecule has 0 aliphatic rings. The zero-order valence-electron chi connectivity index (χ0n) is 20.4. The van der Waals surface area contributed by atoms with Crippen LogP contribution in [0.5, 0.6) is 11.5 Å². The summed E-state index contributed by atoms with van der Waals surface area (Å²) in [6, 6.07) is 6.13. The first-order valence-corrected chi connectivity index (χ1v) is 12.7. The Morgan fingerprint density at radius 3 is 1.80 bits per heavy atom. The lowest BCUT2D eigenvalue weighted by molar-refractivity contribution is 0.227. The molecule has 0 atom stereocenters. The fourth-order valence-corrected chi connectivity index (χ4v) is 3.90. The van der Waals surface area contributed by atoms with Crippen LogP contribution in [0.2, 0.25) is 0 Å².